The fourth-order valence-corrected chi connectivity index (χ4v) is 3.01. The van der Waals surface area contributed by atoms with Crippen LogP contribution < -0.4 is 4.74 Å². The minimum atomic E-state index is -0.556. The summed E-state index contributed by atoms with van der Waals surface area (Å²) in [5.74, 6) is 0.796. The highest BCUT2D eigenvalue weighted by Gasteiger charge is 2.59. The molecule has 1 aliphatic carbocycles. The second kappa shape index (κ2) is 6.29. The van der Waals surface area contributed by atoms with Crippen molar-refractivity contribution in [2.45, 2.75) is 12.3 Å². The Morgan fingerprint density at radius 3 is 2.39 bits per heavy atom. The van der Waals surface area contributed by atoms with Gasteiger partial charge in [-0.05, 0) is 29.7 Å². The van der Waals surface area contributed by atoms with Crippen LogP contribution in [0.2, 0.25) is 0 Å². The van der Waals surface area contributed by atoms with Gasteiger partial charge in [-0.3, -0.25) is 4.79 Å². The van der Waals surface area contributed by atoms with Crippen molar-refractivity contribution < 1.29 is 14.3 Å². The van der Waals surface area contributed by atoms with Gasteiger partial charge in [0, 0.05) is 5.92 Å². The van der Waals surface area contributed by atoms with Crippen molar-refractivity contribution in [3.63, 3.8) is 0 Å². The van der Waals surface area contributed by atoms with Crippen LogP contribution in [0.3, 0.4) is 0 Å². The molecule has 118 valence electrons. The Morgan fingerprint density at radius 1 is 1.09 bits per heavy atom. The van der Waals surface area contributed by atoms with Crippen LogP contribution in [0.5, 0.6) is 5.75 Å². The molecule has 2 aromatic carbocycles. The highest BCUT2D eigenvalue weighted by atomic mass is 16.5. The molecule has 0 spiro atoms. The fourth-order valence-electron chi connectivity index (χ4n) is 3.01. The van der Waals surface area contributed by atoms with E-state index in [1.165, 1.54) is 7.11 Å². The minimum absolute atomic E-state index is 0.154. The second-order valence-electron chi connectivity index (χ2n) is 5.81. The molecular weight excluding hydrogens is 288 g/mol. The van der Waals surface area contributed by atoms with Crippen LogP contribution >= 0.6 is 0 Å². The zero-order chi connectivity index (χ0) is 16.3. The molecule has 0 N–H and O–H groups in total. The van der Waals surface area contributed by atoms with Gasteiger partial charge < -0.3 is 9.47 Å². The topological polar surface area (TPSA) is 35.5 Å². The van der Waals surface area contributed by atoms with Gasteiger partial charge in [-0.1, -0.05) is 54.6 Å². The molecule has 0 aromatic heterocycles. The molecule has 0 amide bonds. The first-order valence-electron chi connectivity index (χ1n) is 7.66. The summed E-state index contributed by atoms with van der Waals surface area (Å²) in [6.45, 7) is 0. The number of carbonyl (C=O) groups is 1. The monoisotopic (exact) mass is 308 g/mol. The second-order valence-corrected chi connectivity index (χ2v) is 5.81. The fraction of sp³-hybridized carbons (Fsp3) is 0.250. The lowest BCUT2D eigenvalue weighted by Crippen LogP contribution is -2.17. The Morgan fingerprint density at radius 2 is 1.78 bits per heavy atom. The summed E-state index contributed by atoms with van der Waals surface area (Å²) in [6.07, 6.45) is 4.76. The van der Waals surface area contributed by atoms with E-state index >= 15 is 0 Å². The molecule has 1 fully saturated rings. The normalized spacial score (nSPS) is 22.8. The number of esters is 1. The van der Waals surface area contributed by atoms with Crippen LogP contribution in [0.1, 0.15) is 23.5 Å². The summed E-state index contributed by atoms with van der Waals surface area (Å²) < 4.78 is 10.2. The predicted molar refractivity (Wildman–Crippen MR) is 90.3 cm³/mol. The van der Waals surface area contributed by atoms with Gasteiger partial charge in [-0.2, -0.15) is 0 Å². The van der Waals surface area contributed by atoms with Crippen LogP contribution in [0.15, 0.2) is 60.7 Å². The smallest absolute Gasteiger partial charge is 0.316 e. The lowest BCUT2D eigenvalue weighted by molar-refractivity contribution is -0.145. The third-order valence-corrected chi connectivity index (χ3v) is 4.46. The number of hydrogen-bond acceptors (Lipinski definition) is 3. The Labute approximate surface area is 136 Å². The first-order valence-corrected chi connectivity index (χ1v) is 7.66. The van der Waals surface area contributed by atoms with Gasteiger partial charge in [0.15, 0.2) is 0 Å². The highest BCUT2D eigenvalue weighted by molar-refractivity contribution is 5.86. The number of hydrogen-bond donors (Lipinski definition) is 0. The number of rotatable bonds is 5. The molecule has 0 bridgehead atoms. The number of benzene rings is 2. The van der Waals surface area contributed by atoms with Crippen molar-refractivity contribution in [2.24, 2.45) is 5.41 Å². The average molecular weight is 308 g/mol. The standard InChI is InChI=1S/C20H20O3/c1-22-17-10-8-16(9-11-17)18-14-20(18,19(21)23-2)13-12-15-6-4-3-5-7-15/h3-13,18H,14H2,1-2H3/b13-12+. The lowest BCUT2D eigenvalue weighted by Gasteiger charge is -2.11. The molecule has 2 aromatic rings. The van der Waals surface area contributed by atoms with Crippen molar-refractivity contribution >= 4 is 12.0 Å². The molecule has 2 unspecified atom stereocenters. The average Bonchev–Trinajstić information content (AvgIpc) is 3.36. The quantitative estimate of drug-likeness (QED) is 0.782. The van der Waals surface area contributed by atoms with Gasteiger partial charge in [0.1, 0.15) is 5.75 Å². The summed E-state index contributed by atoms with van der Waals surface area (Å²) in [6, 6.07) is 17.9. The van der Waals surface area contributed by atoms with E-state index in [1.807, 2.05) is 66.7 Å². The molecule has 0 aliphatic heterocycles. The van der Waals surface area contributed by atoms with Gasteiger partial charge >= 0.3 is 5.97 Å². The van der Waals surface area contributed by atoms with Crippen LogP contribution in [-0.2, 0) is 9.53 Å². The predicted octanol–water partition coefficient (Wildman–Crippen LogP) is 4.06. The van der Waals surface area contributed by atoms with Crippen molar-refractivity contribution in [1.29, 1.82) is 0 Å². The van der Waals surface area contributed by atoms with E-state index < -0.39 is 5.41 Å². The van der Waals surface area contributed by atoms with Gasteiger partial charge in [-0.15, -0.1) is 0 Å². The molecular formula is C20H20O3. The Balaban J connectivity index is 1.85. The zero-order valence-electron chi connectivity index (χ0n) is 13.4. The minimum Gasteiger partial charge on any atom is -0.497 e. The number of carbonyl (C=O) groups excluding carboxylic acids is 1. The zero-order valence-corrected chi connectivity index (χ0v) is 13.4. The van der Waals surface area contributed by atoms with E-state index in [0.717, 1.165) is 23.3 Å². The molecule has 1 aliphatic rings. The summed E-state index contributed by atoms with van der Waals surface area (Å²) in [5, 5.41) is 0. The third kappa shape index (κ3) is 3.00. The van der Waals surface area contributed by atoms with E-state index in [-0.39, 0.29) is 11.9 Å². The maximum Gasteiger partial charge on any atom is 0.316 e. The summed E-state index contributed by atoms with van der Waals surface area (Å²) in [4.78, 5) is 12.3. The van der Waals surface area contributed by atoms with Crippen molar-refractivity contribution in [3.05, 3.63) is 71.8 Å². The Kier molecular flexibility index (Phi) is 4.20. The summed E-state index contributed by atoms with van der Waals surface area (Å²) >= 11 is 0. The van der Waals surface area contributed by atoms with Crippen LogP contribution in [0, 0.1) is 5.41 Å². The lowest BCUT2D eigenvalue weighted by atomic mass is 9.97. The third-order valence-electron chi connectivity index (χ3n) is 4.46. The molecule has 0 heterocycles. The summed E-state index contributed by atoms with van der Waals surface area (Å²) in [7, 11) is 3.09. The van der Waals surface area contributed by atoms with Crippen molar-refractivity contribution in [3.8, 4) is 5.75 Å². The van der Waals surface area contributed by atoms with Crippen LogP contribution in [0.4, 0.5) is 0 Å². The molecule has 0 radical (unpaired) electrons. The Bertz CT molecular complexity index is 703. The van der Waals surface area contributed by atoms with Crippen LogP contribution in [0.25, 0.3) is 6.08 Å². The van der Waals surface area contributed by atoms with Gasteiger partial charge in [0.2, 0.25) is 0 Å². The van der Waals surface area contributed by atoms with Crippen molar-refractivity contribution in [2.75, 3.05) is 14.2 Å². The summed E-state index contributed by atoms with van der Waals surface area (Å²) in [5.41, 5.74) is 1.66. The number of methoxy groups -OCH3 is 2. The van der Waals surface area contributed by atoms with Gasteiger partial charge in [0.05, 0.1) is 19.6 Å². The van der Waals surface area contributed by atoms with E-state index in [0.29, 0.717) is 0 Å². The molecule has 2 atom stereocenters. The maximum absolute atomic E-state index is 12.3. The Hall–Kier alpha value is -2.55. The van der Waals surface area contributed by atoms with Gasteiger partial charge in [-0.25, -0.2) is 0 Å². The highest BCUT2D eigenvalue weighted by Crippen LogP contribution is 2.61. The maximum atomic E-state index is 12.3. The molecule has 0 saturated heterocycles. The van der Waals surface area contributed by atoms with Gasteiger partial charge in [0.25, 0.3) is 0 Å². The van der Waals surface area contributed by atoms with E-state index in [4.69, 9.17) is 9.47 Å². The largest absolute Gasteiger partial charge is 0.497 e. The van der Waals surface area contributed by atoms with E-state index in [1.54, 1.807) is 7.11 Å². The molecule has 3 rings (SSSR count). The number of ether oxygens (including phenoxy) is 2. The van der Waals surface area contributed by atoms with E-state index in [9.17, 15) is 4.79 Å². The first kappa shape index (κ1) is 15.3. The van der Waals surface area contributed by atoms with Crippen molar-refractivity contribution in [1.82, 2.24) is 0 Å². The molecule has 3 nitrogen and oxygen atoms in total. The van der Waals surface area contributed by atoms with Crippen LogP contribution in [-0.4, -0.2) is 20.2 Å². The SMILES string of the molecule is COC(=O)C1(/C=C/c2ccccc2)CC1c1ccc(OC)cc1. The molecule has 1 saturated carbocycles. The molecule has 3 heteroatoms. The first-order chi connectivity index (χ1) is 11.2. The molecule has 23 heavy (non-hydrogen) atoms. The van der Waals surface area contributed by atoms with E-state index in [2.05, 4.69) is 0 Å².